The van der Waals surface area contributed by atoms with Crippen LogP contribution in [0, 0.1) is 5.92 Å². The van der Waals surface area contributed by atoms with Crippen LogP contribution < -0.4 is 10.2 Å². The van der Waals surface area contributed by atoms with E-state index in [1.165, 1.54) is 0 Å². The van der Waals surface area contributed by atoms with E-state index in [2.05, 4.69) is 15.2 Å². The number of hydrogen-bond acceptors (Lipinski definition) is 7. The van der Waals surface area contributed by atoms with E-state index in [9.17, 15) is 14.7 Å². The zero-order valence-corrected chi connectivity index (χ0v) is 25.1. The summed E-state index contributed by atoms with van der Waals surface area (Å²) in [6.45, 7) is 7.50. The maximum Gasteiger partial charge on any atom is 0.321 e. The van der Waals surface area contributed by atoms with Crippen LogP contribution >= 0.6 is 0 Å². The quantitative estimate of drug-likeness (QED) is 0.447. The van der Waals surface area contributed by atoms with Gasteiger partial charge in [-0.3, -0.25) is 4.79 Å². The van der Waals surface area contributed by atoms with E-state index in [4.69, 9.17) is 9.47 Å². The maximum absolute atomic E-state index is 14.0. The normalized spacial score (nSPS) is 20.0. The number of aliphatic hydroxyl groups is 1. The van der Waals surface area contributed by atoms with Gasteiger partial charge in [-0.15, -0.1) is 0 Å². The van der Waals surface area contributed by atoms with Crippen LogP contribution in [-0.4, -0.2) is 97.0 Å². The van der Waals surface area contributed by atoms with E-state index in [0.717, 1.165) is 35.6 Å². The number of anilines is 2. The number of ether oxygens (including phenoxy) is 2. The number of nitrogens with one attached hydrogen (secondary N) is 1. The third kappa shape index (κ3) is 7.15. The second-order valence-electron chi connectivity index (χ2n) is 11.3. The van der Waals surface area contributed by atoms with Gasteiger partial charge in [0.1, 0.15) is 5.82 Å². The Morgan fingerprint density at radius 1 is 1.09 bits per heavy atom. The fraction of sp³-hybridized carbons (Fsp3) is 0.424. The number of carbonyl (C=O) groups excluding carboxylic acids is 2. The number of rotatable bonds is 6. The molecule has 2 aliphatic heterocycles. The Morgan fingerprint density at radius 3 is 2.53 bits per heavy atom. The highest BCUT2D eigenvalue weighted by Gasteiger charge is 2.31. The van der Waals surface area contributed by atoms with Crippen molar-refractivity contribution >= 4 is 23.4 Å². The number of carbonyl (C=O) groups is 2. The van der Waals surface area contributed by atoms with Crippen LogP contribution in [0.25, 0.3) is 11.1 Å². The minimum atomic E-state index is -0.395. The van der Waals surface area contributed by atoms with Crippen LogP contribution in [-0.2, 0) is 16.1 Å². The third-order valence-corrected chi connectivity index (χ3v) is 8.23. The van der Waals surface area contributed by atoms with Crippen LogP contribution in [0.3, 0.4) is 0 Å². The van der Waals surface area contributed by atoms with Crippen LogP contribution in [0.4, 0.5) is 16.3 Å². The van der Waals surface area contributed by atoms with Gasteiger partial charge in [0.2, 0.25) is 0 Å². The van der Waals surface area contributed by atoms with Crippen LogP contribution in [0.1, 0.15) is 29.8 Å². The Bertz CT molecular complexity index is 1410. The van der Waals surface area contributed by atoms with E-state index in [1.807, 2.05) is 68.4 Å². The van der Waals surface area contributed by atoms with E-state index >= 15 is 0 Å². The number of likely N-dealkylation sites (N-methyl/N-ethyl adjacent to an activating group) is 1. The molecule has 0 radical (unpaired) electrons. The molecule has 0 unspecified atom stereocenters. The molecule has 5 rings (SSSR count). The molecule has 0 bridgehead atoms. The molecule has 0 saturated carbocycles. The Labute approximate surface area is 253 Å². The number of morpholine rings is 1. The number of nitrogens with zero attached hydrogens (tertiary/aromatic N) is 4. The molecule has 10 heteroatoms. The van der Waals surface area contributed by atoms with Crippen molar-refractivity contribution in [3.8, 4) is 11.1 Å². The first kappa shape index (κ1) is 30.5. The minimum absolute atomic E-state index is 0.139. The summed E-state index contributed by atoms with van der Waals surface area (Å²) in [6.07, 6.45) is 1.31. The van der Waals surface area contributed by atoms with E-state index in [0.29, 0.717) is 44.2 Å². The highest BCUT2D eigenvalue weighted by molar-refractivity contribution is 6.01. The number of amides is 3. The largest absolute Gasteiger partial charge is 0.394 e. The van der Waals surface area contributed by atoms with Crippen molar-refractivity contribution in [3.63, 3.8) is 0 Å². The first-order chi connectivity index (χ1) is 20.9. The second-order valence-corrected chi connectivity index (χ2v) is 11.3. The molecule has 1 fully saturated rings. The Balaban J connectivity index is 1.37. The highest BCUT2D eigenvalue weighted by Crippen LogP contribution is 2.31. The lowest BCUT2D eigenvalue weighted by Crippen LogP contribution is -2.48. The lowest BCUT2D eigenvalue weighted by atomic mass is 9.94. The summed E-state index contributed by atoms with van der Waals surface area (Å²) < 4.78 is 12.0. The van der Waals surface area contributed by atoms with Gasteiger partial charge >= 0.3 is 6.03 Å². The van der Waals surface area contributed by atoms with Crippen molar-refractivity contribution in [1.82, 2.24) is 14.8 Å². The van der Waals surface area contributed by atoms with Gasteiger partial charge in [0.25, 0.3) is 5.91 Å². The van der Waals surface area contributed by atoms with Crippen molar-refractivity contribution in [3.05, 3.63) is 78.0 Å². The van der Waals surface area contributed by atoms with Gasteiger partial charge in [-0.2, -0.15) is 0 Å². The molecule has 0 aliphatic carbocycles. The van der Waals surface area contributed by atoms with Crippen LogP contribution in [0.5, 0.6) is 0 Å². The van der Waals surface area contributed by atoms with Gasteiger partial charge in [0.15, 0.2) is 0 Å². The number of fused-ring (bicyclic) bond motifs is 3. The first-order valence-corrected chi connectivity index (χ1v) is 14.9. The van der Waals surface area contributed by atoms with E-state index < -0.39 is 6.04 Å². The molecule has 2 aromatic carbocycles. The topological polar surface area (TPSA) is 107 Å². The van der Waals surface area contributed by atoms with Gasteiger partial charge < -0.3 is 34.6 Å². The fourth-order valence-corrected chi connectivity index (χ4v) is 5.58. The SMILES string of the molecule is C[C@@H]1CN([C@H](C)CO)C(=O)c2ccccc2-c2ccccc2CO[C@@H]1CN(C)C(=O)Nc1ccnc(N2CCOCC2)c1. The minimum Gasteiger partial charge on any atom is -0.394 e. The molecule has 3 heterocycles. The van der Waals surface area contributed by atoms with Crippen molar-refractivity contribution < 1.29 is 24.2 Å². The van der Waals surface area contributed by atoms with Gasteiger partial charge in [0, 0.05) is 62.7 Å². The summed E-state index contributed by atoms with van der Waals surface area (Å²) in [5.41, 5.74) is 3.97. The number of benzene rings is 2. The standard InChI is InChI=1S/C33H41N5O5/c1-23-19-38(24(2)21-39)32(40)29-11-7-6-10-28(29)27-9-5-4-8-25(27)22-43-30(23)20-36(3)33(41)35-26-12-13-34-31(18-26)37-14-16-42-17-15-37/h4-13,18,23-24,30,39H,14-17,19-22H2,1-3H3,(H,34,35,41)/t23-,24-,30-/m1/s1. The highest BCUT2D eigenvalue weighted by atomic mass is 16.5. The molecule has 228 valence electrons. The average molecular weight is 588 g/mol. The molecule has 10 nitrogen and oxygen atoms in total. The number of pyridine rings is 1. The smallest absolute Gasteiger partial charge is 0.321 e. The summed E-state index contributed by atoms with van der Waals surface area (Å²) in [6, 6.07) is 18.5. The second kappa shape index (κ2) is 14.0. The average Bonchev–Trinajstić information content (AvgIpc) is 3.06. The maximum atomic E-state index is 14.0. The molecule has 3 amide bonds. The summed E-state index contributed by atoms with van der Waals surface area (Å²) in [7, 11) is 1.74. The molecule has 1 aromatic heterocycles. The summed E-state index contributed by atoms with van der Waals surface area (Å²) in [5, 5.41) is 13.1. The van der Waals surface area contributed by atoms with Gasteiger partial charge in [-0.25, -0.2) is 9.78 Å². The Morgan fingerprint density at radius 2 is 1.79 bits per heavy atom. The van der Waals surface area contributed by atoms with Crippen LogP contribution in [0.15, 0.2) is 66.9 Å². The van der Waals surface area contributed by atoms with Crippen molar-refractivity contribution in [2.45, 2.75) is 32.6 Å². The van der Waals surface area contributed by atoms with E-state index in [1.54, 1.807) is 29.1 Å². The first-order valence-electron chi connectivity index (χ1n) is 14.9. The summed E-state index contributed by atoms with van der Waals surface area (Å²) >= 11 is 0. The van der Waals surface area contributed by atoms with Crippen molar-refractivity contribution in [2.75, 3.05) is 63.3 Å². The predicted octanol–water partition coefficient (Wildman–Crippen LogP) is 4.11. The number of aliphatic hydroxyl groups excluding tert-OH is 1. The van der Waals surface area contributed by atoms with Gasteiger partial charge in [-0.05, 0) is 35.7 Å². The molecular formula is C33H41N5O5. The van der Waals surface area contributed by atoms with Gasteiger partial charge in [-0.1, -0.05) is 49.4 Å². The lowest BCUT2D eigenvalue weighted by Gasteiger charge is -2.35. The Kier molecular flexibility index (Phi) is 9.91. The van der Waals surface area contributed by atoms with Crippen molar-refractivity contribution in [1.29, 1.82) is 0 Å². The number of urea groups is 1. The molecule has 0 spiro atoms. The summed E-state index contributed by atoms with van der Waals surface area (Å²) in [5.74, 6) is 0.519. The molecular weight excluding hydrogens is 546 g/mol. The monoisotopic (exact) mass is 587 g/mol. The molecule has 3 atom stereocenters. The molecule has 43 heavy (non-hydrogen) atoms. The molecule has 3 aromatic rings. The predicted molar refractivity (Wildman–Crippen MR) is 166 cm³/mol. The zero-order chi connectivity index (χ0) is 30.3. The Hall–Kier alpha value is -3.99. The lowest BCUT2D eigenvalue weighted by molar-refractivity contribution is -0.0178. The van der Waals surface area contributed by atoms with Crippen LogP contribution in [0.2, 0.25) is 0 Å². The number of hydrogen-bond donors (Lipinski definition) is 2. The molecule has 1 saturated heterocycles. The zero-order valence-electron chi connectivity index (χ0n) is 25.1. The van der Waals surface area contributed by atoms with Crippen molar-refractivity contribution in [2.24, 2.45) is 5.92 Å². The molecule has 2 aliphatic rings. The summed E-state index contributed by atoms with van der Waals surface area (Å²) in [4.78, 5) is 37.3. The molecule has 2 N–H and O–H groups in total. The fourth-order valence-electron chi connectivity index (χ4n) is 5.58. The van der Waals surface area contributed by atoms with E-state index in [-0.39, 0.29) is 30.6 Å². The third-order valence-electron chi connectivity index (χ3n) is 8.23. The van der Waals surface area contributed by atoms with Gasteiger partial charge in [0.05, 0.1) is 38.6 Å². The number of aromatic nitrogens is 1.